The second-order valence-corrected chi connectivity index (χ2v) is 9.08. The molecule has 3 aromatic rings. The summed E-state index contributed by atoms with van der Waals surface area (Å²) in [6.07, 6.45) is 0. The van der Waals surface area contributed by atoms with Crippen LogP contribution in [0.4, 0.5) is 20.6 Å². The number of hydrogen-bond donors (Lipinski definition) is 0. The fourth-order valence-electron chi connectivity index (χ4n) is 3.51. The first kappa shape index (κ1) is 20.7. The molecule has 0 fully saturated rings. The van der Waals surface area contributed by atoms with Crippen LogP contribution in [-0.2, 0) is 10.0 Å². The monoisotopic (exact) mass is 438 g/mol. The smallest absolute Gasteiger partial charge is 0.292 e. The Bertz CT molecular complexity index is 1300. The van der Waals surface area contributed by atoms with E-state index in [1.165, 1.54) is 24.3 Å². The minimum absolute atomic E-state index is 0.0672. The van der Waals surface area contributed by atoms with E-state index >= 15 is 0 Å². The number of nitrogens with zero attached hydrogens (tertiary/aromatic N) is 2. The van der Waals surface area contributed by atoms with E-state index in [1.807, 2.05) is 6.07 Å². The van der Waals surface area contributed by atoms with Gasteiger partial charge < -0.3 is 0 Å². The van der Waals surface area contributed by atoms with Gasteiger partial charge in [0.05, 0.1) is 17.9 Å². The molecule has 0 saturated heterocycles. The minimum atomic E-state index is -4.18. The van der Waals surface area contributed by atoms with Crippen LogP contribution in [0.3, 0.4) is 0 Å². The van der Waals surface area contributed by atoms with Crippen LogP contribution in [0.15, 0.2) is 71.6 Å². The standard InChI is InChI=1S/C23H19FN2O4S/c1-15-7-8-16(2)20(13-15)26-23(28)25(14-21(27)17-9-11-18(24)12-10-17)19-5-3-4-6-22(19)31(26,29)30/h3-13H,14H2,1-2H3. The molecule has 0 unspecified atom stereocenters. The normalized spacial score (nSPS) is 15.0. The molecule has 1 aliphatic heterocycles. The Balaban J connectivity index is 1.83. The van der Waals surface area contributed by atoms with Crippen molar-refractivity contribution in [2.24, 2.45) is 0 Å². The number of anilines is 2. The summed E-state index contributed by atoms with van der Waals surface area (Å²) in [6, 6.07) is 15.4. The molecule has 4 rings (SSSR count). The Kier molecular flexibility index (Phi) is 5.10. The van der Waals surface area contributed by atoms with Crippen LogP contribution >= 0.6 is 0 Å². The first-order valence-electron chi connectivity index (χ1n) is 9.52. The van der Waals surface area contributed by atoms with Gasteiger partial charge in [-0.1, -0.05) is 24.3 Å². The molecule has 3 aromatic carbocycles. The molecule has 0 N–H and O–H groups in total. The number of carbonyl (C=O) groups is 2. The third-order valence-corrected chi connectivity index (χ3v) is 6.86. The molecule has 0 saturated carbocycles. The van der Waals surface area contributed by atoms with Crippen LogP contribution in [0, 0.1) is 19.7 Å². The van der Waals surface area contributed by atoms with Gasteiger partial charge in [-0.3, -0.25) is 9.69 Å². The zero-order valence-electron chi connectivity index (χ0n) is 16.9. The third kappa shape index (κ3) is 3.59. The van der Waals surface area contributed by atoms with Crippen LogP contribution in [0.1, 0.15) is 21.5 Å². The molecule has 31 heavy (non-hydrogen) atoms. The van der Waals surface area contributed by atoms with Gasteiger partial charge in [-0.15, -0.1) is 0 Å². The highest BCUT2D eigenvalue weighted by molar-refractivity contribution is 7.94. The van der Waals surface area contributed by atoms with Crippen LogP contribution in [-0.4, -0.2) is 26.8 Å². The average molecular weight is 438 g/mol. The number of benzene rings is 3. The zero-order valence-corrected chi connectivity index (χ0v) is 17.7. The molecule has 0 radical (unpaired) electrons. The van der Waals surface area contributed by atoms with E-state index in [9.17, 15) is 22.4 Å². The van der Waals surface area contributed by atoms with Crippen molar-refractivity contribution in [1.82, 2.24) is 0 Å². The van der Waals surface area contributed by atoms with Gasteiger partial charge in [0, 0.05) is 5.56 Å². The first-order chi connectivity index (χ1) is 14.7. The summed E-state index contributed by atoms with van der Waals surface area (Å²) in [6.45, 7) is 3.12. The fourth-order valence-corrected chi connectivity index (χ4v) is 5.16. The Morgan fingerprint density at radius 2 is 1.61 bits per heavy atom. The third-order valence-electron chi connectivity index (χ3n) is 5.13. The number of Topliss-reactive ketones (excluding diaryl/α,β-unsaturated/α-hetero) is 1. The summed E-state index contributed by atoms with van der Waals surface area (Å²) in [5, 5.41) is 0. The van der Waals surface area contributed by atoms with Crippen molar-refractivity contribution in [2.45, 2.75) is 18.7 Å². The number of amides is 2. The summed E-state index contributed by atoms with van der Waals surface area (Å²) < 4.78 is 40.7. The fraction of sp³-hybridized carbons (Fsp3) is 0.130. The van der Waals surface area contributed by atoms with E-state index in [0.717, 1.165) is 26.9 Å². The summed E-state index contributed by atoms with van der Waals surface area (Å²) in [7, 11) is -4.18. The number of para-hydroxylation sites is 1. The molecule has 6 nitrogen and oxygen atoms in total. The van der Waals surface area contributed by atoms with Crippen molar-refractivity contribution in [3.63, 3.8) is 0 Å². The summed E-state index contributed by atoms with van der Waals surface area (Å²) in [4.78, 5) is 27.3. The van der Waals surface area contributed by atoms with Crippen molar-refractivity contribution in [1.29, 1.82) is 0 Å². The molecule has 1 aliphatic rings. The minimum Gasteiger partial charge on any atom is -0.292 e. The van der Waals surface area contributed by atoms with E-state index in [0.29, 0.717) is 5.56 Å². The second-order valence-electron chi connectivity index (χ2n) is 7.33. The number of rotatable bonds is 4. The Morgan fingerprint density at radius 1 is 0.935 bits per heavy atom. The number of urea groups is 1. The number of ketones is 1. The highest BCUT2D eigenvalue weighted by atomic mass is 32.2. The molecule has 2 amide bonds. The predicted molar refractivity (Wildman–Crippen MR) is 115 cm³/mol. The molecule has 158 valence electrons. The highest BCUT2D eigenvalue weighted by Gasteiger charge is 2.43. The van der Waals surface area contributed by atoms with E-state index < -0.39 is 34.2 Å². The van der Waals surface area contributed by atoms with Gasteiger partial charge in [-0.2, -0.15) is 4.31 Å². The second kappa shape index (κ2) is 7.63. The largest absolute Gasteiger partial charge is 0.343 e. The Labute approximate surface area is 179 Å². The SMILES string of the molecule is Cc1ccc(C)c(N2C(=O)N(CC(=O)c3ccc(F)cc3)c3ccccc3S2(=O)=O)c1. The van der Waals surface area contributed by atoms with Gasteiger partial charge in [0.1, 0.15) is 10.7 Å². The lowest BCUT2D eigenvalue weighted by Crippen LogP contribution is -2.52. The van der Waals surface area contributed by atoms with E-state index in [1.54, 1.807) is 38.1 Å². The van der Waals surface area contributed by atoms with E-state index in [-0.39, 0.29) is 21.8 Å². The lowest BCUT2D eigenvalue weighted by molar-refractivity contribution is 0.0999. The molecule has 8 heteroatoms. The van der Waals surface area contributed by atoms with Crippen molar-refractivity contribution in [3.8, 4) is 0 Å². The van der Waals surface area contributed by atoms with Crippen LogP contribution < -0.4 is 9.21 Å². The van der Waals surface area contributed by atoms with Crippen LogP contribution in [0.2, 0.25) is 0 Å². The Morgan fingerprint density at radius 3 is 2.32 bits per heavy atom. The lowest BCUT2D eigenvalue weighted by atomic mass is 10.1. The molecular weight excluding hydrogens is 419 g/mol. The topological polar surface area (TPSA) is 74.8 Å². The molecular formula is C23H19FN2O4S. The van der Waals surface area contributed by atoms with E-state index in [2.05, 4.69) is 0 Å². The van der Waals surface area contributed by atoms with Gasteiger partial charge in [0.2, 0.25) is 0 Å². The number of halogens is 1. The molecule has 0 aliphatic carbocycles. The zero-order chi connectivity index (χ0) is 22.3. The molecule has 0 bridgehead atoms. The van der Waals surface area contributed by atoms with Gasteiger partial charge in [-0.05, 0) is 67.4 Å². The van der Waals surface area contributed by atoms with Crippen molar-refractivity contribution in [2.75, 3.05) is 15.7 Å². The van der Waals surface area contributed by atoms with Gasteiger partial charge in [-0.25, -0.2) is 17.6 Å². The van der Waals surface area contributed by atoms with Crippen LogP contribution in [0.5, 0.6) is 0 Å². The quantitative estimate of drug-likeness (QED) is 0.564. The van der Waals surface area contributed by atoms with Gasteiger partial charge in [0.15, 0.2) is 5.78 Å². The first-order valence-corrected chi connectivity index (χ1v) is 11.0. The van der Waals surface area contributed by atoms with Crippen molar-refractivity contribution in [3.05, 3.63) is 89.2 Å². The number of sulfonamides is 1. The molecule has 0 aromatic heterocycles. The lowest BCUT2D eigenvalue weighted by Gasteiger charge is -2.36. The van der Waals surface area contributed by atoms with Crippen molar-refractivity contribution < 1.29 is 22.4 Å². The molecule has 1 heterocycles. The Hall–Kier alpha value is -3.52. The maximum atomic E-state index is 13.4. The van der Waals surface area contributed by atoms with E-state index in [4.69, 9.17) is 0 Å². The van der Waals surface area contributed by atoms with Crippen LogP contribution in [0.25, 0.3) is 0 Å². The summed E-state index contributed by atoms with van der Waals surface area (Å²) in [5.41, 5.74) is 1.98. The molecule has 0 atom stereocenters. The highest BCUT2D eigenvalue weighted by Crippen LogP contribution is 2.38. The van der Waals surface area contributed by atoms with Gasteiger partial charge in [0.25, 0.3) is 10.0 Å². The average Bonchev–Trinajstić information content (AvgIpc) is 2.74. The summed E-state index contributed by atoms with van der Waals surface area (Å²) in [5.74, 6) is -0.925. The van der Waals surface area contributed by atoms with Gasteiger partial charge >= 0.3 is 6.03 Å². The predicted octanol–water partition coefficient (Wildman–Crippen LogP) is 4.46. The maximum Gasteiger partial charge on any atom is 0.343 e. The maximum absolute atomic E-state index is 13.4. The number of hydrogen-bond acceptors (Lipinski definition) is 4. The number of fused-ring (bicyclic) bond motifs is 1. The summed E-state index contributed by atoms with van der Waals surface area (Å²) >= 11 is 0. The number of aryl methyl sites for hydroxylation is 2. The molecule has 0 spiro atoms. The number of carbonyl (C=O) groups excluding carboxylic acids is 2. The van der Waals surface area contributed by atoms with Crippen molar-refractivity contribution >= 4 is 33.2 Å².